The molecule has 0 radical (unpaired) electrons. The van der Waals surface area contributed by atoms with Crippen molar-refractivity contribution in [3.63, 3.8) is 0 Å². The normalized spacial score (nSPS) is 14.9. The highest BCUT2D eigenvalue weighted by molar-refractivity contribution is 9.10. The second-order valence-electron chi connectivity index (χ2n) is 4.69. The Morgan fingerprint density at radius 2 is 2.22 bits per heavy atom. The smallest absolute Gasteiger partial charge is 0.184 e. The van der Waals surface area contributed by atoms with Crippen LogP contribution in [0.5, 0.6) is 0 Å². The van der Waals surface area contributed by atoms with Crippen LogP contribution in [0.1, 0.15) is 19.3 Å². The maximum absolute atomic E-state index is 6.01. The molecule has 0 saturated heterocycles. The summed E-state index contributed by atoms with van der Waals surface area (Å²) in [5.41, 5.74) is 7.59. The van der Waals surface area contributed by atoms with Crippen LogP contribution in [-0.4, -0.2) is 20.2 Å². The van der Waals surface area contributed by atoms with Crippen molar-refractivity contribution < 1.29 is 0 Å². The van der Waals surface area contributed by atoms with Crippen LogP contribution >= 0.6 is 15.9 Å². The largest absolute Gasteiger partial charge is 0.398 e. The molecule has 0 bridgehead atoms. The van der Waals surface area contributed by atoms with Gasteiger partial charge in [-0.25, -0.2) is 4.68 Å². The van der Waals surface area contributed by atoms with Crippen molar-refractivity contribution in [2.45, 2.75) is 25.8 Å². The summed E-state index contributed by atoms with van der Waals surface area (Å²) in [7, 11) is 0. The summed E-state index contributed by atoms with van der Waals surface area (Å²) in [6.07, 6.45) is 3.84. The van der Waals surface area contributed by atoms with Gasteiger partial charge in [0.25, 0.3) is 0 Å². The Labute approximate surface area is 113 Å². The Kier molecular flexibility index (Phi) is 3.03. The van der Waals surface area contributed by atoms with E-state index in [0.717, 1.165) is 34.7 Å². The first-order valence-corrected chi connectivity index (χ1v) is 6.85. The van der Waals surface area contributed by atoms with E-state index >= 15 is 0 Å². The first kappa shape index (κ1) is 11.6. The number of rotatable bonds is 4. The van der Waals surface area contributed by atoms with Gasteiger partial charge in [0.2, 0.25) is 0 Å². The van der Waals surface area contributed by atoms with Crippen molar-refractivity contribution >= 4 is 21.6 Å². The van der Waals surface area contributed by atoms with Gasteiger partial charge in [0.15, 0.2) is 5.82 Å². The van der Waals surface area contributed by atoms with Gasteiger partial charge in [-0.3, -0.25) is 0 Å². The number of benzene rings is 1. The van der Waals surface area contributed by atoms with Crippen LogP contribution in [0, 0.1) is 5.92 Å². The lowest BCUT2D eigenvalue weighted by Crippen LogP contribution is -2.05. The van der Waals surface area contributed by atoms with Gasteiger partial charge in [0, 0.05) is 22.3 Å². The Bertz CT molecular complexity index is 561. The molecule has 2 N–H and O–H groups in total. The topological polar surface area (TPSA) is 69.6 Å². The number of hydrogen-bond acceptors (Lipinski definition) is 4. The number of nitrogen functional groups attached to an aromatic ring is 1. The van der Waals surface area contributed by atoms with Gasteiger partial charge in [-0.05, 0) is 41.0 Å². The number of anilines is 1. The van der Waals surface area contributed by atoms with Gasteiger partial charge >= 0.3 is 0 Å². The summed E-state index contributed by atoms with van der Waals surface area (Å²) in [5, 5.41) is 11.9. The summed E-state index contributed by atoms with van der Waals surface area (Å²) in [6, 6.07) is 5.76. The molecular weight excluding hydrogens is 294 g/mol. The molecule has 1 aliphatic carbocycles. The van der Waals surface area contributed by atoms with Crippen LogP contribution < -0.4 is 5.73 Å². The molecule has 3 rings (SSSR count). The molecule has 94 valence electrons. The van der Waals surface area contributed by atoms with E-state index in [4.69, 9.17) is 5.73 Å². The number of nitrogens with zero attached hydrogens (tertiary/aromatic N) is 4. The van der Waals surface area contributed by atoms with Crippen LogP contribution in [0.15, 0.2) is 22.7 Å². The lowest BCUT2D eigenvalue weighted by Gasteiger charge is -2.06. The Morgan fingerprint density at radius 1 is 1.39 bits per heavy atom. The molecule has 0 spiro atoms. The third-order valence-corrected chi connectivity index (χ3v) is 3.73. The van der Waals surface area contributed by atoms with Crippen molar-refractivity contribution in [3.8, 4) is 11.4 Å². The van der Waals surface area contributed by atoms with E-state index < -0.39 is 0 Å². The quantitative estimate of drug-likeness (QED) is 0.881. The average molecular weight is 308 g/mol. The summed E-state index contributed by atoms with van der Waals surface area (Å²) in [6.45, 7) is 0.864. The van der Waals surface area contributed by atoms with E-state index in [2.05, 4.69) is 31.5 Å². The molecule has 5 nitrogen and oxygen atoms in total. The highest BCUT2D eigenvalue weighted by Crippen LogP contribution is 2.33. The predicted octanol–water partition coefficient (Wildman–Crippen LogP) is 2.48. The van der Waals surface area contributed by atoms with Crippen LogP contribution in [0.4, 0.5) is 5.69 Å². The lowest BCUT2D eigenvalue weighted by atomic mass is 10.1. The SMILES string of the molecule is Nc1cc(Br)ccc1-c1nnnn1CCC1CC1. The predicted molar refractivity (Wildman–Crippen MR) is 72.7 cm³/mol. The van der Waals surface area contributed by atoms with E-state index in [1.54, 1.807) is 0 Å². The Balaban J connectivity index is 1.88. The zero-order chi connectivity index (χ0) is 12.5. The molecule has 0 amide bonds. The van der Waals surface area contributed by atoms with Crippen molar-refractivity contribution in [1.82, 2.24) is 20.2 Å². The fourth-order valence-corrected chi connectivity index (χ4v) is 2.38. The minimum Gasteiger partial charge on any atom is -0.398 e. The molecule has 0 atom stereocenters. The molecule has 1 heterocycles. The second kappa shape index (κ2) is 4.68. The van der Waals surface area contributed by atoms with Gasteiger partial charge in [-0.1, -0.05) is 28.8 Å². The minimum absolute atomic E-state index is 0.687. The van der Waals surface area contributed by atoms with Crippen LogP contribution in [-0.2, 0) is 6.54 Å². The highest BCUT2D eigenvalue weighted by atomic mass is 79.9. The highest BCUT2D eigenvalue weighted by Gasteiger charge is 2.22. The zero-order valence-electron chi connectivity index (χ0n) is 9.88. The third kappa shape index (κ3) is 2.38. The van der Waals surface area contributed by atoms with Gasteiger partial charge in [0.1, 0.15) is 0 Å². The molecule has 1 aromatic heterocycles. The lowest BCUT2D eigenvalue weighted by molar-refractivity contribution is 0.535. The molecule has 1 saturated carbocycles. The minimum atomic E-state index is 0.687. The average Bonchev–Trinajstić information content (AvgIpc) is 3.06. The number of aryl methyl sites for hydroxylation is 1. The summed E-state index contributed by atoms with van der Waals surface area (Å²) < 4.78 is 2.80. The second-order valence-corrected chi connectivity index (χ2v) is 5.60. The van der Waals surface area contributed by atoms with E-state index in [0.29, 0.717) is 5.69 Å². The van der Waals surface area contributed by atoms with E-state index in [1.807, 2.05) is 22.9 Å². The summed E-state index contributed by atoms with van der Waals surface area (Å²) in [4.78, 5) is 0. The van der Waals surface area contributed by atoms with Crippen molar-refractivity contribution in [3.05, 3.63) is 22.7 Å². The first-order valence-electron chi connectivity index (χ1n) is 6.05. The molecule has 1 aromatic carbocycles. The standard InChI is InChI=1S/C12H14BrN5/c13-9-3-4-10(11(14)7-9)12-15-16-17-18(12)6-5-8-1-2-8/h3-4,7-8H,1-2,5-6,14H2. The maximum Gasteiger partial charge on any atom is 0.184 e. The van der Waals surface area contributed by atoms with E-state index in [1.165, 1.54) is 12.8 Å². The van der Waals surface area contributed by atoms with Gasteiger partial charge in [-0.2, -0.15) is 0 Å². The molecule has 1 aliphatic rings. The Hall–Kier alpha value is -1.43. The van der Waals surface area contributed by atoms with Gasteiger partial charge in [0.05, 0.1) is 0 Å². The van der Waals surface area contributed by atoms with Gasteiger partial charge < -0.3 is 5.73 Å². The number of nitrogens with two attached hydrogens (primary N) is 1. The van der Waals surface area contributed by atoms with Crippen LogP contribution in [0.25, 0.3) is 11.4 Å². The van der Waals surface area contributed by atoms with Crippen molar-refractivity contribution in [2.75, 3.05) is 5.73 Å². The number of hydrogen-bond donors (Lipinski definition) is 1. The first-order chi connectivity index (χ1) is 8.74. The fraction of sp³-hybridized carbons (Fsp3) is 0.417. The van der Waals surface area contributed by atoms with E-state index in [-0.39, 0.29) is 0 Å². The van der Waals surface area contributed by atoms with Crippen LogP contribution in [0.2, 0.25) is 0 Å². The number of halogens is 1. The fourth-order valence-electron chi connectivity index (χ4n) is 2.00. The third-order valence-electron chi connectivity index (χ3n) is 3.23. The molecule has 1 fully saturated rings. The van der Waals surface area contributed by atoms with Crippen LogP contribution in [0.3, 0.4) is 0 Å². The summed E-state index contributed by atoms with van der Waals surface area (Å²) >= 11 is 3.40. The molecule has 2 aromatic rings. The molecule has 0 unspecified atom stereocenters. The molecule has 0 aliphatic heterocycles. The summed E-state index contributed by atoms with van der Waals surface area (Å²) in [5.74, 6) is 1.62. The maximum atomic E-state index is 6.01. The zero-order valence-corrected chi connectivity index (χ0v) is 11.5. The van der Waals surface area contributed by atoms with Crippen molar-refractivity contribution in [2.24, 2.45) is 5.92 Å². The Morgan fingerprint density at radius 3 is 2.94 bits per heavy atom. The molecular formula is C12H14BrN5. The molecule has 6 heteroatoms. The van der Waals surface area contributed by atoms with E-state index in [9.17, 15) is 0 Å². The number of aromatic nitrogens is 4. The number of tetrazole rings is 1. The van der Waals surface area contributed by atoms with Crippen molar-refractivity contribution in [1.29, 1.82) is 0 Å². The molecule has 18 heavy (non-hydrogen) atoms. The monoisotopic (exact) mass is 307 g/mol. The van der Waals surface area contributed by atoms with Gasteiger partial charge in [-0.15, -0.1) is 5.10 Å².